The highest BCUT2D eigenvalue weighted by molar-refractivity contribution is 5.99. The van der Waals surface area contributed by atoms with Crippen LogP contribution in [0.1, 0.15) is 42.7 Å². The number of carbonyl (C=O) groups excluding carboxylic acids is 1. The molecule has 4 heterocycles. The van der Waals surface area contributed by atoms with Crippen LogP contribution in [-0.4, -0.2) is 39.5 Å². The minimum atomic E-state index is -0.00965. The van der Waals surface area contributed by atoms with Crippen molar-refractivity contribution in [3.63, 3.8) is 0 Å². The molecule has 6 heteroatoms. The molecule has 0 spiro atoms. The zero-order chi connectivity index (χ0) is 18.6. The molecule has 0 radical (unpaired) electrons. The lowest BCUT2D eigenvalue weighted by molar-refractivity contribution is 0.0946. The van der Waals surface area contributed by atoms with E-state index in [-0.39, 0.29) is 11.4 Å². The zero-order valence-corrected chi connectivity index (χ0v) is 15.7. The number of amides is 1. The second-order valence-electron chi connectivity index (χ2n) is 8.05. The van der Waals surface area contributed by atoms with Crippen LogP contribution in [0.3, 0.4) is 0 Å². The Morgan fingerprint density at radius 2 is 2.11 bits per heavy atom. The van der Waals surface area contributed by atoms with Crippen LogP contribution in [0.2, 0.25) is 0 Å². The van der Waals surface area contributed by atoms with Gasteiger partial charge in [0.15, 0.2) is 0 Å². The number of para-hydroxylation sites is 1. The first-order valence-corrected chi connectivity index (χ1v) is 9.57. The number of anilines is 1. The summed E-state index contributed by atoms with van der Waals surface area (Å²) in [7, 11) is 0. The van der Waals surface area contributed by atoms with Gasteiger partial charge in [-0.25, -0.2) is 4.98 Å². The smallest absolute Gasteiger partial charge is 0.253 e. The van der Waals surface area contributed by atoms with Crippen molar-refractivity contribution in [3.05, 3.63) is 41.7 Å². The third-order valence-corrected chi connectivity index (χ3v) is 5.83. The summed E-state index contributed by atoms with van der Waals surface area (Å²) in [6, 6.07) is 7.96. The average molecular weight is 361 g/mol. The molecule has 0 saturated carbocycles. The monoisotopic (exact) mass is 361 g/mol. The Hall–Kier alpha value is -2.89. The van der Waals surface area contributed by atoms with E-state index in [0.717, 1.165) is 58.8 Å². The second-order valence-corrected chi connectivity index (χ2v) is 8.05. The van der Waals surface area contributed by atoms with Crippen molar-refractivity contribution in [2.75, 3.05) is 18.0 Å². The van der Waals surface area contributed by atoms with Gasteiger partial charge in [-0.1, -0.05) is 12.1 Å². The molecular formula is C21H23N5O. The zero-order valence-electron chi connectivity index (χ0n) is 15.7. The molecule has 3 aromatic rings. The first-order valence-electron chi connectivity index (χ1n) is 9.57. The molecule has 1 aromatic carbocycles. The number of fused-ring (bicyclic) bond motifs is 2. The van der Waals surface area contributed by atoms with Crippen LogP contribution in [0, 0.1) is 0 Å². The van der Waals surface area contributed by atoms with E-state index in [0.29, 0.717) is 6.54 Å². The van der Waals surface area contributed by atoms with E-state index in [9.17, 15) is 4.79 Å². The molecular weight excluding hydrogens is 338 g/mol. The van der Waals surface area contributed by atoms with Crippen LogP contribution in [0.15, 0.2) is 30.5 Å². The highest BCUT2D eigenvalue weighted by atomic mass is 16.1. The number of nitrogens with one attached hydrogen (secondary N) is 2. The molecule has 1 fully saturated rings. The van der Waals surface area contributed by atoms with Crippen LogP contribution in [0.25, 0.3) is 22.3 Å². The largest absolute Gasteiger partial charge is 0.358 e. The third-order valence-electron chi connectivity index (χ3n) is 5.83. The molecule has 5 rings (SSSR count). The first-order chi connectivity index (χ1) is 13.0. The number of benzene rings is 1. The van der Waals surface area contributed by atoms with Gasteiger partial charge in [-0.05, 0) is 38.8 Å². The van der Waals surface area contributed by atoms with E-state index >= 15 is 0 Å². The van der Waals surface area contributed by atoms with Gasteiger partial charge in [0.2, 0.25) is 0 Å². The number of carbonyl (C=O) groups is 1. The van der Waals surface area contributed by atoms with E-state index < -0.39 is 0 Å². The fourth-order valence-corrected chi connectivity index (χ4v) is 4.34. The van der Waals surface area contributed by atoms with Crippen LogP contribution < -0.4 is 10.2 Å². The van der Waals surface area contributed by atoms with Crippen molar-refractivity contribution in [1.29, 1.82) is 0 Å². The van der Waals surface area contributed by atoms with E-state index in [1.807, 2.05) is 30.5 Å². The number of hydrogen-bond donors (Lipinski definition) is 2. The van der Waals surface area contributed by atoms with E-state index in [1.54, 1.807) is 0 Å². The molecule has 0 unspecified atom stereocenters. The summed E-state index contributed by atoms with van der Waals surface area (Å²) in [6.07, 6.45) is 5.04. The summed E-state index contributed by atoms with van der Waals surface area (Å²) in [5.41, 5.74) is 5.48. The average Bonchev–Trinajstić information content (AvgIpc) is 3.24. The predicted molar refractivity (Wildman–Crippen MR) is 106 cm³/mol. The Morgan fingerprint density at radius 1 is 1.22 bits per heavy atom. The maximum absolute atomic E-state index is 12.1. The number of rotatable bonds is 2. The lowest BCUT2D eigenvalue weighted by atomic mass is 10.0. The van der Waals surface area contributed by atoms with Gasteiger partial charge in [0, 0.05) is 42.0 Å². The highest BCUT2D eigenvalue weighted by Crippen LogP contribution is 2.34. The molecule has 2 aliphatic rings. The SMILES string of the molecule is CC1(C)CCCN1c1cnc2cccc(-c3cc4c([nH]3)CCNC4=O)c2n1. The van der Waals surface area contributed by atoms with Crippen molar-refractivity contribution >= 4 is 22.8 Å². The van der Waals surface area contributed by atoms with Crippen LogP contribution >= 0.6 is 0 Å². The quantitative estimate of drug-likeness (QED) is 0.735. The second kappa shape index (κ2) is 5.81. The van der Waals surface area contributed by atoms with Crippen molar-refractivity contribution < 1.29 is 4.79 Å². The Kier molecular flexibility index (Phi) is 3.50. The fraction of sp³-hybridized carbons (Fsp3) is 0.381. The van der Waals surface area contributed by atoms with Gasteiger partial charge in [0.25, 0.3) is 5.91 Å². The number of H-pyrrole nitrogens is 1. The van der Waals surface area contributed by atoms with Gasteiger partial charge in [0.1, 0.15) is 11.3 Å². The van der Waals surface area contributed by atoms with Crippen molar-refractivity contribution in [1.82, 2.24) is 20.3 Å². The minimum absolute atomic E-state index is 0.00965. The molecule has 2 aromatic heterocycles. The molecule has 1 amide bonds. The lowest BCUT2D eigenvalue weighted by Gasteiger charge is -2.32. The Labute approximate surface area is 158 Å². The molecule has 138 valence electrons. The molecule has 0 atom stereocenters. The topological polar surface area (TPSA) is 73.9 Å². The molecule has 27 heavy (non-hydrogen) atoms. The van der Waals surface area contributed by atoms with Crippen molar-refractivity contribution in [2.45, 2.75) is 38.6 Å². The van der Waals surface area contributed by atoms with E-state index in [2.05, 4.69) is 34.0 Å². The van der Waals surface area contributed by atoms with Gasteiger partial charge in [-0.3, -0.25) is 9.78 Å². The number of aromatic amines is 1. The van der Waals surface area contributed by atoms with Gasteiger partial charge in [-0.15, -0.1) is 0 Å². The molecule has 2 aliphatic heterocycles. The Bertz CT molecular complexity index is 1050. The van der Waals surface area contributed by atoms with Gasteiger partial charge < -0.3 is 15.2 Å². The summed E-state index contributed by atoms with van der Waals surface area (Å²) in [5, 5.41) is 2.90. The minimum Gasteiger partial charge on any atom is -0.358 e. The fourth-order valence-electron chi connectivity index (χ4n) is 4.34. The molecule has 0 bridgehead atoms. The number of aromatic nitrogens is 3. The van der Waals surface area contributed by atoms with Crippen LogP contribution in [0.4, 0.5) is 5.82 Å². The summed E-state index contributed by atoms with van der Waals surface area (Å²) in [6.45, 7) is 6.20. The molecule has 0 aliphatic carbocycles. The van der Waals surface area contributed by atoms with Gasteiger partial charge in [-0.2, -0.15) is 0 Å². The Balaban J connectivity index is 1.65. The normalized spacial score (nSPS) is 18.6. The Morgan fingerprint density at radius 3 is 2.89 bits per heavy atom. The van der Waals surface area contributed by atoms with Gasteiger partial charge in [0.05, 0.1) is 17.3 Å². The van der Waals surface area contributed by atoms with E-state index in [4.69, 9.17) is 4.98 Å². The summed E-state index contributed by atoms with van der Waals surface area (Å²) >= 11 is 0. The van der Waals surface area contributed by atoms with Crippen LogP contribution in [-0.2, 0) is 6.42 Å². The maximum Gasteiger partial charge on any atom is 0.253 e. The first kappa shape index (κ1) is 16.3. The molecule has 1 saturated heterocycles. The molecule has 2 N–H and O–H groups in total. The maximum atomic E-state index is 12.1. The summed E-state index contributed by atoms with van der Waals surface area (Å²) < 4.78 is 0. The summed E-state index contributed by atoms with van der Waals surface area (Å²) in [5.74, 6) is 0.913. The molecule has 6 nitrogen and oxygen atoms in total. The number of nitrogens with zero attached hydrogens (tertiary/aromatic N) is 3. The van der Waals surface area contributed by atoms with E-state index in [1.165, 1.54) is 6.42 Å². The third kappa shape index (κ3) is 2.59. The highest BCUT2D eigenvalue weighted by Gasteiger charge is 2.33. The van der Waals surface area contributed by atoms with Crippen molar-refractivity contribution in [3.8, 4) is 11.3 Å². The predicted octanol–water partition coefficient (Wildman–Crippen LogP) is 3.29. The number of hydrogen-bond acceptors (Lipinski definition) is 4. The lowest BCUT2D eigenvalue weighted by Crippen LogP contribution is -2.38. The summed E-state index contributed by atoms with van der Waals surface area (Å²) in [4.78, 5) is 27.6. The van der Waals surface area contributed by atoms with Gasteiger partial charge >= 0.3 is 0 Å². The standard InChI is InChI=1S/C21H23N5O/c1-21(2)8-4-10-26(21)18-12-23-16-6-3-5-13(19(16)25-18)17-11-14-15(24-17)7-9-22-20(14)27/h3,5-6,11-12,24H,4,7-10H2,1-2H3,(H,22,27). The van der Waals surface area contributed by atoms with Crippen molar-refractivity contribution in [2.24, 2.45) is 0 Å². The van der Waals surface area contributed by atoms with Crippen LogP contribution in [0.5, 0.6) is 0 Å².